The van der Waals surface area contributed by atoms with E-state index in [1.54, 1.807) is 18.2 Å². The fourth-order valence-electron chi connectivity index (χ4n) is 3.80. The molecule has 1 amide bonds. The summed E-state index contributed by atoms with van der Waals surface area (Å²) in [5, 5.41) is 6.90. The number of fused-ring (bicyclic) bond motifs is 1. The van der Waals surface area contributed by atoms with Crippen LogP contribution in [-0.4, -0.2) is 21.4 Å². The van der Waals surface area contributed by atoms with Gasteiger partial charge in [0.1, 0.15) is 5.82 Å². The zero-order valence-corrected chi connectivity index (χ0v) is 17.4. The Balaban J connectivity index is 1.61. The molecule has 0 radical (unpaired) electrons. The standard InChI is InChI=1S/C21H21Cl2FN4O/c1-21(8-3-2-4-9-21)28-19(29)12-10-16-17(11-15(12)24)26-20(25-16)27-18-13(22)6-5-7-14(18)23/h5-7,10-11H,2-4,8-9H2,1H3,(H,28,29)(H2,25,26,27). The van der Waals surface area contributed by atoms with Crippen LogP contribution in [-0.2, 0) is 0 Å². The van der Waals surface area contributed by atoms with E-state index in [-0.39, 0.29) is 11.1 Å². The van der Waals surface area contributed by atoms with E-state index in [1.807, 2.05) is 6.92 Å². The topological polar surface area (TPSA) is 69.8 Å². The first-order chi connectivity index (χ1) is 13.8. The number of hydrogen-bond donors (Lipinski definition) is 3. The predicted molar refractivity (Wildman–Crippen MR) is 115 cm³/mol. The zero-order valence-electron chi connectivity index (χ0n) is 15.9. The maximum absolute atomic E-state index is 14.6. The lowest BCUT2D eigenvalue weighted by Crippen LogP contribution is -2.47. The number of H-pyrrole nitrogens is 1. The second kappa shape index (κ2) is 7.84. The molecule has 1 aromatic heterocycles. The molecule has 0 atom stereocenters. The van der Waals surface area contributed by atoms with Crippen LogP contribution in [0.2, 0.25) is 10.0 Å². The summed E-state index contributed by atoms with van der Waals surface area (Å²) in [6.07, 6.45) is 5.11. The van der Waals surface area contributed by atoms with Crippen LogP contribution in [0.5, 0.6) is 0 Å². The summed E-state index contributed by atoms with van der Waals surface area (Å²) < 4.78 is 14.6. The van der Waals surface area contributed by atoms with Gasteiger partial charge in [0.15, 0.2) is 0 Å². The van der Waals surface area contributed by atoms with E-state index in [0.717, 1.165) is 25.7 Å². The van der Waals surface area contributed by atoms with Crippen LogP contribution < -0.4 is 10.6 Å². The third-order valence-electron chi connectivity index (χ3n) is 5.39. The number of halogens is 3. The Kier molecular flexibility index (Phi) is 5.40. The molecule has 1 saturated carbocycles. The minimum absolute atomic E-state index is 0.0156. The lowest BCUT2D eigenvalue weighted by Gasteiger charge is -2.34. The number of hydrogen-bond acceptors (Lipinski definition) is 3. The number of imidazole rings is 1. The quantitative estimate of drug-likeness (QED) is 0.457. The van der Waals surface area contributed by atoms with Gasteiger partial charge in [0.05, 0.1) is 32.3 Å². The number of nitrogens with zero attached hydrogens (tertiary/aromatic N) is 1. The van der Waals surface area contributed by atoms with Crippen molar-refractivity contribution in [3.63, 3.8) is 0 Å². The summed E-state index contributed by atoms with van der Waals surface area (Å²) in [4.78, 5) is 20.1. The molecular formula is C21H21Cl2FN4O. The smallest absolute Gasteiger partial charge is 0.254 e. The summed E-state index contributed by atoms with van der Waals surface area (Å²) in [6, 6.07) is 7.88. The number of carbonyl (C=O) groups excluding carboxylic acids is 1. The first-order valence-corrected chi connectivity index (χ1v) is 10.3. The predicted octanol–water partition coefficient (Wildman–Crippen LogP) is 6.21. The highest BCUT2D eigenvalue weighted by molar-refractivity contribution is 6.39. The first kappa shape index (κ1) is 20.0. The van der Waals surface area contributed by atoms with Gasteiger partial charge in [-0.15, -0.1) is 0 Å². The van der Waals surface area contributed by atoms with Crippen LogP contribution >= 0.6 is 23.2 Å². The highest BCUT2D eigenvalue weighted by Gasteiger charge is 2.29. The second-order valence-corrected chi connectivity index (χ2v) is 8.55. The Morgan fingerprint density at radius 2 is 1.86 bits per heavy atom. The van der Waals surface area contributed by atoms with Crippen molar-refractivity contribution in [3.05, 3.63) is 51.8 Å². The van der Waals surface area contributed by atoms with Crippen molar-refractivity contribution < 1.29 is 9.18 Å². The van der Waals surface area contributed by atoms with Crippen molar-refractivity contribution in [2.75, 3.05) is 5.32 Å². The third-order valence-corrected chi connectivity index (χ3v) is 6.02. The molecule has 0 spiro atoms. The number of anilines is 2. The Hall–Kier alpha value is -2.31. The van der Waals surface area contributed by atoms with Crippen LogP contribution in [0.15, 0.2) is 30.3 Å². The maximum Gasteiger partial charge on any atom is 0.254 e. The van der Waals surface area contributed by atoms with E-state index in [4.69, 9.17) is 23.2 Å². The molecule has 0 saturated heterocycles. The molecule has 1 aliphatic rings. The van der Waals surface area contributed by atoms with Crippen LogP contribution in [0.4, 0.5) is 16.0 Å². The monoisotopic (exact) mass is 434 g/mol. The fourth-order valence-corrected chi connectivity index (χ4v) is 4.29. The average Bonchev–Trinajstić information content (AvgIpc) is 3.05. The molecule has 1 aliphatic carbocycles. The number of benzene rings is 2. The van der Waals surface area contributed by atoms with Crippen LogP contribution in [0.3, 0.4) is 0 Å². The number of rotatable bonds is 4. The van der Waals surface area contributed by atoms with E-state index >= 15 is 0 Å². The number of nitrogens with one attached hydrogen (secondary N) is 3. The van der Waals surface area contributed by atoms with Crippen molar-refractivity contribution in [3.8, 4) is 0 Å². The highest BCUT2D eigenvalue weighted by atomic mass is 35.5. The SMILES string of the molecule is CC1(NC(=O)c2cc3nc(Nc4c(Cl)cccc4Cl)[nH]c3cc2F)CCCCC1. The molecule has 29 heavy (non-hydrogen) atoms. The Morgan fingerprint density at radius 3 is 2.55 bits per heavy atom. The number of carbonyl (C=O) groups is 1. The van der Waals surface area contributed by atoms with Gasteiger partial charge < -0.3 is 15.6 Å². The molecule has 1 heterocycles. The molecule has 0 bridgehead atoms. The molecule has 8 heteroatoms. The Labute approximate surface area is 178 Å². The number of aromatic amines is 1. The van der Waals surface area contributed by atoms with E-state index in [0.29, 0.717) is 32.7 Å². The van der Waals surface area contributed by atoms with Crippen molar-refractivity contribution in [1.29, 1.82) is 0 Å². The molecule has 0 aliphatic heterocycles. The van der Waals surface area contributed by atoms with Gasteiger partial charge in [0, 0.05) is 11.6 Å². The van der Waals surface area contributed by atoms with Gasteiger partial charge >= 0.3 is 0 Å². The molecule has 2 aromatic carbocycles. The minimum Gasteiger partial charge on any atom is -0.347 e. The average molecular weight is 435 g/mol. The molecule has 1 fully saturated rings. The van der Waals surface area contributed by atoms with Gasteiger partial charge in [-0.05, 0) is 38.0 Å². The van der Waals surface area contributed by atoms with Crippen LogP contribution in [0.1, 0.15) is 49.4 Å². The Morgan fingerprint density at radius 1 is 1.17 bits per heavy atom. The van der Waals surface area contributed by atoms with E-state index in [2.05, 4.69) is 20.6 Å². The van der Waals surface area contributed by atoms with Gasteiger partial charge in [0.2, 0.25) is 5.95 Å². The van der Waals surface area contributed by atoms with Gasteiger partial charge in [-0.25, -0.2) is 9.37 Å². The van der Waals surface area contributed by atoms with Gasteiger partial charge in [-0.2, -0.15) is 0 Å². The van der Waals surface area contributed by atoms with E-state index in [9.17, 15) is 9.18 Å². The largest absolute Gasteiger partial charge is 0.347 e. The number of amides is 1. The van der Waals surface area contributed by atoms with Crippen molar-refractivity contribution in [2.24, 2.45) is 0 Å². The lowest BCUT2D eigenvalue weighted by atomic mass is 9.83. The molecule has 5 nitrogen and oxygen atoms in total. The van der Waals surface area contributed by atoms with E-state index < -0.39 is 11.7 Å². The molecule has 152 valence electrons. The zero-order chi connectivity index (χ0) is 20.6. The van der Waals surface area contributed by atoms with Crippen molar-refractivity contribution in [2.45, 2.75) is 44.6 Å². The second-order valence-electron chi connectivity index (χ2n) is 7.73. The summed E-state index contributed by atoms with van der Waals surface area (Å²) in [7, 11) is 0. The minimum atomic E-state index is -0.597. The van der Waals surface area contributed by atoms with E-state index in [1.165, 1.54) is 18.6 Å². The summed E-state index contributed by atoms with van der Waals surface area (Å²) in [5.74, 6) is -0.660. The highest BCUT2D eigenvalue weighted by Crippen LogP contribution is 2.33. The lowest BCUT2D eigenvalue weighted by molar-refractivity contribution is 0.0878. The number of aromatic nitrogens is 2. The molecule has 0 unspecified atom stereocenters. The number of para-hydroxylation sites is 1. The molecular weight excluding hydrogens is 414 g/mol. The summed E-state index contributed by atoms with van der Waals surface area (Å²) in [6.45, 7) is 2.02. The maximum atomic E-state index is 14.6. The Bertz CT molecular complexity index is 1060. The third kappa shape index (κ3) is 4.19. The van der Waals surface area contributed by atoms with Crippen LogP contribution in [0, 0.1) is 5.82 Å². The fraction of sp³-hybridized carbons (Fsp3) is 0.333. The van der Waals surface area contributed by atoms with Crippen molar-refractivity contribution >= 4 is 51.8 Å². The summed E-state index contributed by atoms with van der Waals surface area (Å²) in [5.41, 5.74) is 1.12. The van der Waals surface area contributed by atoms with Gasteiger partial charge in [-0.1, -0.05) is 48.5 Å². The summed E-state index contributed by atoms with van der Waals surface area (Å²) >= 11 is 12.3. The molecule has 3 N–H and O–H groups in total. The van der Waals surface area contributed by atoms with Gasteiger partial charge in [0.25, 0.3) is 5.91 Å². The first-order valence-electron chi connectivity index (χ1n) is 9.57. The van der Waals surface area contributed by atoms with Gasteiger partial charge in [-0.3, -0.25) is 4.79 Å². The normalized spacial score (nSPS) is 16.0. The molecule has 3 aromatic rings. The molecule has 4 rings (SSSR count). The van der Waals surface area contributed by atoms with Crippen molar-refractivity contribution in [1.82, 2.24) is 15.3 Å². The van der Waals surface area contributed by atoms with Crippen LogP contribution in [0.25, 0.3) is 11.0 Å².